The zero-order valence-electron chi connectivity index (χ0n) is 6.47. The van der Waals surface area contributed by atoms with E-state index < -0.39 is 0 Å². The van der Waals surface area contributed by atoms with E-state index in [4.69, 9.17) is 0 Å². The Morgan fingerprint density at radius 3 is 2.40 bits per heavy atom. The van der Waals surface area contributed by atoms with Crippen molar-refractivity contribution in [2.75, 3.05) is 0 Å². The van der Waals surface area contributed by atoms with Crippen molar-refractivity contribution in [1.29, 1.82) is 0 Å². The Labute approximate surface area is 61.8 Å². The predicted octanol–water partition coefficient (Wildman–Crippen LogP) is 2.01. The van der Waals surface area contributed by atoms with Crippen molar-refractivity contribution in [3.05, 3.63) is 0 Å². The lowest BCUT2D eigenvalue weighted by Gasteiger charge is -2.17. The first kappa shape index (κ1) is 6.38. The molecule has 1 heteroatoms. The first-order valence-electron chi connectivity index (χ1n) is 4.28. The SMILES string of the molecule is CC(=O)[C@@H]1C[C@H]2CC[C@H]1C2. The number of Topliss-reactive ketones (excluding diaryl/α,β-unsaturated/α-hetero) is 1. The van der Waals surface area contributed by atoms with Crippen molar-refractivity contribution in [3.63, 3.8) is 0 Å². The van der Waals surface area contributed by atoms with E-state index in [1.54, 1.807) is 6.92 Å². The van der Waals surface area contributed by atoms with Crippen LogP contribution in [0.2, 0.25) is 0 Å². The van der Waals surface area contributed by atoms with Gasteiger partial charge in [-0.05, 0) is 38.0 Å². The summed E-state index contributed by atoms with van der Waals surface area (Å²) in [5, 5.41) is 0. The Bertz CT molecular complexity index is 162. The molecule has 2 rings (SSSR count). The molecule has 0 N–H and O–H groups in total. The maximum atomic E-state index is 11.0. The van der Waals surface area contributed by atoms with Gasteiger partial charge < -0.3 is 0 Å². The van der Waals surface area contributed by atoms with Gasteiger partial charge in [-0.15, -0.1) is 0 Å². The van der Waals surface area contributed by atoms with Crippen LogP contribution in [-0.2, 0) is 4.79 Å². The molecule has 0 aromatic heterocycles. The Kier molecular flexibility index (Phi) is 1.33. The Hall–Kier alpha value is -0.330. The fourth-order valence-electron chi connectivity index (χ4n) is 2.74. The number of fused-ring (bicyclic) bond motifs is 2. The van der Waals surface area contributed by atoms with Crippen LogP contribution in [0.25, 0.3) is 0 Å². The first-order chi connectivity index (χ1) is 4.77. The van der Waals surface area contributed by atoms with Gasteiger partial charge in [0.05, 0.1) is 0 Å². The molecule has 2 bridgehead atoms. The molecule has 0 heterocycles. The molecule has 1 nitrogen and oxygen atoms in total. The lowest BCUT2D eigenvalue weighted by Crippen LogP contribution is -2.17. The van der Waals surface area contributed by atoms with Crippen LogP contribution in [0.15, 0.2) is 0 Å². The first-order valence-corrected chi connectivity index (χ1v) is 4.28. The van der Waals surface area contributed by atoms with Crippen LogP contribution in [0, 0.1) is 17.8 Å². The molecular formula is C9H14O. The van der Waals surface area contributed by atoms with Gasteiger partial charge in [0.2, 0.25) is 0 Å². The monoisotopic (exact) mass is 138 g/mol. The summed E-state index contributed by atoms with van der Waals surface area (Å²) in [6.07, 6.45) is 5.29. The highest BCUT2D eigenvalue weighted by Crippen LogP contribution is 2.48. The molecule has 2 aliphatic rings. The van der Waals surface area contributed by atoms with Gasteiger partial charge in [0.25, 0.3) is 0 Å². The molecule has 2 saturated carbocycles. The zero-order chi connectivity index (χ0) is 7.14. The molecule has 0 aromatic carbocycles. The minimum atomic E-state index is 0.437. The molecular weight excluding hydrogens is 124 g/mol. The molecule has 0 amide bonds. The number of carbonyl (C=O) groups is 1. The van der Waals surface area contributed by atoms with Crippen LogP contribution < -0.4 is 0 Å². The molecule has 56 valence electrons. The molecule has 10 heavy (non-hydrogen) atoms. The molecule has 2 aliphatic carbocycles. The normalized spacial score (nSPS) is 44.3. The van der Waals surface area contributed by atoms with E-state index in [2.05, 4.69) is 0 Å². The largest absolute Gasteiger partial charge is 0.300 e. The molecule has 0 aliphatic heterocycles. The highest BCUT2D eigenvalue weighted by atomic mass is 16.1. The van der Waals surface area contributed by atoms with Crippen molar-refractivity contribution in [1.82, 2.24) is 0 Å². The molecule has 2 fully saturated rings. The number of hydrogen-bond acceptors (Lipinski definition) is 1. The van der Waals surface area contributed by atoms with Crippen molar-refractivity contribution in [2.45, 2.75) is 32.6 Å². The Morgan fingerprint density at radius 1 is 1.30 bits per heavy atom. The fourth-order valence-corrected chi connectivity index (χ4v) is 2.74. The van der Waals surface area contributed by atoms with Crippen LogP contribution in [0.3, 0.4) is 0 Å². The second kappa shape index (κ2) is 2.08. The second-order valence-corrected chi connectivity index (χ2v) is 3.89. The third kappa shape index (κ3) is 0.799. The molecule has 0 saturated heterocycles. The van der Waals surface area contributed by atoms with E-state index in [-0.39, 0.29) is 0 Å². The fraction of sp³-hybridized carbons (Fsp3) is 0.889. The lowest BCUT2D eigenvalue weighted by molar-refractivity contribution is -0.122. The standard InChI is InChI=1S/C9H14O/c1-6(10)9-5-7-2-3-8(9)4-7/h7-9H,2-5H2,1H3/t7-,8-,9-/m0/s1. The summed E-state index contributed by atoms with van der Waals surface area (Å²) in [5.74, 6) is 2.59. The summed E-state index contributed by atoms with van der Waals surface area (Å²) in [4.78, 5) is 11.0. The molecule has 0 radical (unpaired) electrons. The van der Waals surface area contributed by atoms with E-state index in [9.17, 15) is 4.79 Å². The lowest BCUT2D eigenvalue weighted by atomic mass is 9.86. The van der Waals surface area contributed by atoms with Gasteiger partial charge >= 0.3 is 0 Å². The summed E-state index contributed by atoms with van der Waals surface area (Å²) in [6, 6.07) is 0. The van der Waals surface area contributed by atoms with E-state index in [1.807, 2.05) is 0 Å². The predicted molar refractivity (Wildman–Crippen MR) is 39.6 cm³/mol. The van der Waals surface area contributed by atoms with Crippen LogP contribution in [0.5, 0.6) is 0 Å². The third-order valence-electron chi connectivity index (χ3n) is 3.26. The quantitative estimate of drug-likeness (QED) is 0.541. The second-order valence-electron chi connectivity index (χ2n) is 3.89. The Morgan fingerprint density at radius 2 is 2.10 bits per heavy atom. The van der Waals surface area contributed by atoms with Crippen LogP contribution in [-0.4, -0.2) is 5.78 Å². The minimum Gasteiger partial charge on any atom is -0.300 e. The van der Waals surface area contributed by atoms with Crippen LogP contribution in [0.4, 0.5) is 0 Å². The van der Waals surface area contributed by atoms with Gasteiger partial charge in [-0.1, -0.05) is 6.42 Å². The van der Waals surface area contributed by atoms with E-state index in [0.29, 0.717) is 11.7 Å². The summed E-state index contributed by atoms with van der Waals surface area (Å²) < 4.78 is 0. The topological polar surface area (TPSA) is 17.1 Å². The Balaban J connectivity index is 2.08. The van der Waals surface area contributed by atoms with E-state index >= 15 is 0 Å². The highest BCUT2D eigenvalue weighted by molar-refractivity contribution is 5.79. The van der Waals surface area contributed by atoms with E-state index in [0.717, 1.165) is 11.8 Å². The molecule has 3 atom stereocenters. The third-order valence-corrected chi connectivity index (χ3v) is 3.26. The van der Waals surface area contributed by atoms with Crippen molar-refractivity contribution in [2.24, 2.45) is 17.8 Å². The van der Waals surface area contributed by atoms with Gasteiger partial charge in [-0.25, -0.2) is 0 Å². The van der Waals surface area contributed by atoms with Crippen molar-refractivity contribution < 1.29 is 4.79 Å². The summed E-state index contributed by atoms with van der Waals surface area (Å²) in [5.41, 5.74) is 0. The maximum Gasteiger partial charge on any atom is 0.133 e. The molecule has 0 unspecified atom stereocenters. The van der Waals surface area contributed by atoms with Crippen LogP contribution >= 0.6 is 0 Å². The highest BCUT2D eigenvalue weighted by Gasteiger charge is 2.41. The smallest absolute Gasteiger partial charge is 0.133 e. The summed E-state index contributed by atoms with van der Waals surface area (Å²) >= 11 is 0. The van der Waals surface area contributed by atoms with E-state index in [1.165, 1.54) is 25.7 Å². The number of rotatable bonds is 1. The number of ketones is 1. The van der Waals surface area contributed by atoms with Gasteiger partial charge in [-0.2, -0.15) is 0 Å². The number of carbonyl (C=O) groups excluding carboxylic acids is 1. The van der Waals surface area contributed by atoms with Gasteiger partial charge in [0.1, 0.15) is 5.78 Å². The van der Waals surface area contributed by atoms with Crippen LogP contribution in [0.1, 0.15) is 32.6 Å². The summed E-state index contributed by atoms with van der Waals surface area (Å²) in [7, 11) is 0. The average molecular weight is 138 g/mol. The average Bonchev–Trinajstić information content (AvgIpc) is 2.44. The molecule has 0 spiro atoms. The van der Waals surface area contributed by atoms with Gasteiger partial charge in [0.15, 0.2) is 0 Å². The number of hydrogen-bond donors (Lipinski definition) is 0. The zero-order valence-corrected chi connectivity index (χ0v) is 6.47. The van der Waals surface area contributed by atoms with Crippen molar-refractivity contribution in [3.8, 4) is 0 Å². The van der Waals surface area contributed by atoms with Gasteiger partial charge in [0, 0.05) is 5.92 Å². The molecule has 0 aromatic rings. The maximum absolute atomic E-state index is 11.0. The minimum absolute atomic E-state index is 0.437. The van der Waals surface area contributed by atoms with Crippen molar-refractivity contribution >= 4 is 5.78 Å². The van der Waals surface area contributed by atoms with Gasteiger partial charge in [-0.3, -0.25) is 4.79 Å². The summed E-state index contributed by atoms with van der Waals surface area (Å²) in [6.45, 7) is 1.76.